The Bertz CT molecular complexity index is 844. The third-order valence-electron chi connectivity index (χ3n) is 4.13. The Morgan fingerprint density at radius 2 is 1.79 bits per heavy atom. The Balaban J connectivity index is 3.34. The summed E-state index contributed by atoms with van der Waals surface area (Å²) in [7, 11) is -4.19. The summed E-state index contributed by atoms with van der Waals surface area (Å²) in [5, 5.41) is 17.5. The standard InChI is InChI=1S/C21H30O6S2/c1-6-7-13-27-16-8-10-17(11-9-16)29(25,26)18(19(23)24)21(5,28-14-12-22)15-20(2,3)4/h8-11,18,22H,12-15H2,1-5H3,(H,23,24)/t18-,21?/m0/s1. The van der Waals surface area contributed by atoms with E-state index < -0.39 is 25.8 Å². The summed E-state index contributed by atoms with van der Waals surface area (Å²) < 4.78 is 30.9. The van der Waals surface area contributed by atoms with E-state index in [2.05, 4.69) is 11.8 Å². The topological polar surface area (TPSA) is 101 Å². The van der Waals surface area contributed by atoms with Gasteiger partial charge in [0.2, 0.25) is 0 Å². The van der Waals surface area contributed by atoms with Crippen LogP contribution >= 0.6 is 11.8 Å². The van der Waals surface area contributed by atoms with Crippen LogP contribution in [-0.2, 0) is 14.6 Å². The number of aliphatic carboxylic acids is 1. The Morgan fingerprint density at radius 3 is 2.24 bits per heavy atom. The highest BCUT2D eigenvalue weighted by Crippen LogP contribution is 2.43. The van der Waals surface area contributed by atoms with Crippen LogP contribution in [0.4, 0.5) is 0 Å². The molecule has 0 radical (unpaired) electrons. The maximum atomic E-state index is 13.3. The van der Waals surface area contributed by atoms with Gasteiger partial charge in [0.1, 0.15) is 12.4 Å². The second-order valence-electron chi connectivity index (χ2n) is 8.07. The Hall–Kier alpha value is -1.69. The third kappa shape index (κ3) is 7.25. The highest BCUT2D eigenvalue weighted by Gasteiger charge is 2.50. The first kappa shape index (κ1) is 25.3. The highest BCUT2D eigenvalue weighted by atomic mass is 32.2. The number of carboxylic acids is 1. The molecule has 2 N–H and O–H groups in total. The molecule has 162 valence electrons. The molecule has 0 aliphatic heterocycles. The predicted molar refractivity (Wildman–Crippen MR) is 116 cm³/mol. The molecule has 0 amide bonds. The van der Waals surface area contributed by atoms with Crippen LogP contribution in [0.2, 0.25) is 0 Å². The number of ether oxygens (including phenoxy) is 1. The number of hydrogen-bond acceptors (Lipinski definition) is 6. The maximum Gasteiger partial charge on any atom is 0.323 e. The van der Waals surface area contributed by atoms with E-state index in [0.717, 1.165) is 0 Å². The van der Waals surface area contributed by atoms with E-state index in [4.69, 9.17) is 4.74 Å². The van der Waals surface area contributed by atoms with Crippen molar-refractivity contribution in [1.29, 1.82) is 0 Å². The molecule has 2 atom stereocenters. The summed E-state index contributed by atoms with van der Waals surface area (Å²) in [6.07, 6.45) is 0.345. The first-order valence-electron chi connectivity index (χ1n) is 9.21. The number of rotatable bonds is 10. The zero-order valence-electron chi connectivity index (χ0n) is 17.6. The fourth-order valence-electron chi connectivity index (χ4n) is 3.33. The Labute approximate surface area is 178 Å². The number of aliphatic hydroxyl groups is 1. The highest BCUT2D eigenvalue weighted by molar-refractivity contribution is 8.02. The van der Waals surface area contributed by atoms with Gasteiger partial charge in [-0.05, 0) is 49.9 Å². The van der Waals surface area contributed by atoms with Gasteiger partial charge in [-0.3, -0.25) is 4.79 Å². The van der Waals surface area contributed by atoms with Crippen molar-refractivity contribution in [3.8, 4) is 17.6 Å². The zero-order chi connectivity index (χ0) is 22.3. The lowest BCUT2D eigenvalue weighted by atomic mass is 9.83. The molecule has 0 fully saturated rings. The van der Waals surface area contributed by atoms with Crippen LogP contribution in [0.1, 0.15) is 41.0 Å². The van der Waals surface area contributed by atoms with Crippen LogP contribution in [0.3, 0.4) is 0 Å². The molecular weight excluding hydrogens is 412 g/mol. The number of carboxylic acid groups (broad SMARTS) is 1. The predicted octanol–water partition coefficient (Wildman–Crippen LogP) is 3.24. The molecule has 8 heteroatoms. The molecule has 1 aromatic carbocycles. The smallest absolute Gasteiger partial charge is 0.323 e. The zero-order valence-corrected chi connectivity index (χ0v) is 19.2. The lowest BCUT2D eigenvalue weighted by molar-refractivity contribution is -0.137. The van der Waals surface area contributed by atoms with E-state index in [-0.39, 0.29) is 29.3 Å². The first-order chi connectivity index (χ1) is 13.4. The molecule has 0 bridgehead atoms. The number of carbonyl (C=O) groups is 1. The van der Waals surface area contributed by atoms with Gasteiger partial charge in [-0.25, -0.2) is 8.42 Å². The third-order valence-corrected chi connectivity index (χ3v) is 7.98. The van der Waals surface area contributed by atoms with Gasteiger partial charge in [-0.1, -0.05) is 26.7 Å². The lowest BCUT2D eigenvalue weighted by Gasteiger charge is -2.39. The average Bonchev–Trinajstić information content (AvgIpc) is 2.58. The summed E-state index contributed by atoms with van der Waals surface area (Å²) in [6.45, 7) is 9.15. The van der Waals surface area contributed by atoms with E-state index in [1.54, 1.807) is 13.8 Å². The molecule has 1 unspecified atom stereocenters. The fraction of sp³-hybridized carbons (Fsp3) is 0.571. The number of sulfone groups is 1. The van der Waals surface area contributed by atoms with Gasteiger partial charge in [-0.2, -0.15) is 11.8 Å². The fourth-order valence-corrected chi connectivity index (χ4v) is 7.05. The van der Waals surface area contributed by atoms with Crippen molar-refractivity contribution in [1.82, 2.24) is 0 Å². The second-order valence-corrected chi connectivity index (χ2v) is 11.7. The minimum atomic E-state index is -4.19. The summed E-state index contributed by atoms with van der Waals surface area (Å²) in [6, 6.07) is 5.69. The van der Waals surface area contributed by atoms with Gasteiger partial charge in [-0.15, -0.1) is 5.92 Å². The van der Waals surface area contributed by atoms with Gasteiger partial charge in [0.15, 0.2) is 15.1 Å². The minimum Gasteiger partial charge on any atom is -0.481 e. The molecule has 0 aliphatic rings. The monoisotopic (exact) mass is 442 g/mol. The maximum absolute atomic E-state index is 13.3. The quantitative estimate of drug-likeness (QED) is 0.537. The molecule has 0 aromatic heterocycles. The molecule has 6 nitrogen and oxygen atoms in total. The molecule has 1 aromatic rings. The van der Waals surface area contributed by atoms with Crippen LogP contribution in [0.25, 0.3) is 0 Å². The van der Waals surface area contributed by atoms with Crippen molar-refractivity contribution in [2.75, 3.05) is 19.0 Å². The lowest BCUT2D eigenvalue weighted by Crippen LogP contribution is -2.49. The average molecular weight is 443 g/mol. The molecule has 0 saturated carbocycles. The minimum absolute atomic E-state index is 0.0800. The summed E-state index contributed by atoms with van der Waals surface area (Å²) in [5.41, 5.74) is -0.307. The van der Waals surface area contributed by atoms with E-state index in [1.165, 1.54) is 36.0 Å². The van der Waals surface area contributed by atoms with Crippen LogP contribution in [0.5, 0.6) is 5.75 Å². The van der Waals surface area contributed by atoms with Gasteiger partial charge >= 0.3 is 5.97 Å². The molecule has 0 heterocycles. The SMILES string of the molecule is CC#CCOc1ccc(S(=O)(=O)[C@@H](C(=O)O)C(C)(CC(C)(C)C)SCCO)cc1. The van der Waals surface area contributed by atoms with Crippen molar-refractivity contribution in [2.24, 2.45) is 5.41 Å². The molecule has 0 spiro atoms. The molecule has 0 aliphatic carbocycles. The van der Waals surface area contributed by atoms with E-state index >= 15 is 0 Å². The van der Waals surface area contributed by atoms with Crippen molar-refractivity contribution < 1.29 is 28.2 Å². The van der Waals surface area contributed by atoms with E-state index in [1.807, 2.05) is 20.8 Å². The molecular formula is C21H30O6S2. The summed E-state index contributed by atoms with van der Waals surface area (Å²) >= 11 is 1.18. The summed E-state index contributed by atoms with van der Waals surface area (Å²) in [4.78, 5) is 12.1. The first-order valence-corrected chi connectivity index (χ1v) is 11.7. The van der Waals surface area contributed by atoms with Crippen molar-refractivity contribution in [2.45, 2.75) is 55.9 Å². The van der Waals surface area contributed by atoms with Crippen molar-refractivity contribution in [3.05, 3.63) is 24.3 Å². The van der Waals surface area contributed by atoms with Crippen molar-refractivity contribution >= 4 is 27.6 Å². The molecule has 1 rings (SSSR count). The number of benzene rings is 1. The van der Waals surface area contributed by atoms with Crippen molar-refractivity contribution in [3.63, 3.8) is 0 Å². The van der Waals surface area contributed by atoms with Crippen LogP contribution in [-0.4, -0.2) is 53.6 Å². The van der Waals surface area contributed by atoms with Crippen LogP contribution in [0, 0.1) is 17.3 Å². The number of thioether (sulfide) groups is 1. The van der Waals surface area contributed by atoms with Crippen LogP contribution < -0.4 is 4.74 Å². The molecule has 0 saturated heterocycles. The van der Waals surface area contributed by atoms with Crippen LogP contribution in [0.15, 0.2) is 29.2 Å². The normalized spacial score (nSPS) is 15.0. The number of hydrogen-bond donors (Lipinski definition) is 2. The summed E-state index contributed by atoms with van der Waals surface area (Å²) in [5.74, 6) is 4.74. The van der Waals surface area contributed by atoms with Gasteiger partial charge < -0.3 is 14.9 Å². The Morgan fingerprint density at radius 1 is 1.21 bits per heavy atom. The second kappa shape index (κ2) is 10.4. The molecule has 29 heavy (non-hydrogen) atoms. The van der Waals surface area contributed by atoms with Gasteiger partial charge in [0.25, 0.3) is 0 Å². The Kier molecular flexibility index (Phi) is 9.07. The van der Waals surface area contributed by atoms with E-state index in [9.17, 15) is 23.4 Å². The van der Waals surface area contributed by atoms with Gasteiger partial charge in [0.05, 0.1) is 11.5 Å². The van der Waals surface area contributed by atoms with E-state index in [0.29, 0.717) is 12.2 Å². The largest absolute Gasteiger partial charge is 0.481 e. The van der Waals surface area contributed by atoms with Gasteiger partial charge in [0, 0.05) is 10.5 Å². The number of aliphatic hydroxyl groups excluding tert-OH is 1.